The van der Waals surface area contributed by atoms with E-state index in [4.69, 9.17) is 0 Å². The number of para-hydroxylation sites is 1. The molecule has 0 radical (unpaired) electrons. The molecule has 0 aliphatic carbocycles. The Balaban J connectivity index is 1.85. The van der Waals surface area contributed by atoms with Crippen molar-refractivity contribution >= 4 is 28.9 Å². The lowest BCUT2D eigenvalue weighted by Crippen LogP contribution is -2.49. The Hall–Kier alpha value is -4.00. The molecule has 7 heteroatoms. The number of rotatable bonds is 5. The smallest absolute Gasteiger partial charge is 0.269 e. The second-order valence-corrected chi connectivity index (χ2v) is 8.84. The number of nitro benzene ring substituents is 1. The van der Waals surface area contributed by atoms with E-state index < -0.39 is 4.92 Å². The minimum Gasteiger partial charge on any atom is -0.309 e. The fourth-order valence-electron chi connectivity index (χ4n) is 4.53. The van der Waals surface area contributed by atoms with Gasteiger partial charge in [-0.1, -0.05) is 50.2 Å². The summed E-state index contributed by atoms with van der Waals surface area (Å²) in [7, 11) is 0. The molecule has 1 heterocycles. The molecule has 34 heavy (non-hydrogen) atoms. The lowest BCUT2D eigenvalue weighted by atomic mass is 9.88. The highest BCUT2D eigenvalue weighted by molar-refractivity contribution is 6.07. The Morgan fingerprint density at radius 3 is 2.21 bits per heavy atom. The molecule has 3 aromatic carbocycles. The molecule has 2 amide bonds. The van der Waals surface area contributed by atoms with Gasteiger partial charge in [-0.3, -0.25) is 19.7 Å². The van der Waals surface area contributed by atoms with E-state index in [0.717, 1.165) is 11.3 Å². The van der Waals surface area contributed by atoms with Gasteiger partial charge in [0.25, 0.3) is 11.6 Å². The van der Waals surface area contributed by atoms with E-state index in [2.05, 4.69) is 0 Å². The van der Waals surface area contributed by atoms with Gasteiger partial charge in [-0.25, -0.2) is 0 Å². The molecule has 0 unspecified atom stereocenters. The molecule has 0 saturated carbocycles. The van der Waals surface area contributed by atoms with Crippen molar-refractivity contribution in [2.24, 2.45) is 5.92 Å². The minimum atomic E-state index is -0.458. The molecule has 0 saturated heterocycles. The third-order valence-electron chi connectivity index (χ3n) is 6.18. The number of nitro groups is 1. The molecular formula is C27H27N3O4. The van der Waals surface area contributed by atoms with Crippen LogP contribution in [0.1, 0.15) is 49.2 Å². The number of benzene rings is 3. The molecular weight excluding hydrogens is 430 g/mol. The zero-order valence-corrected chi connectivity index (χ0v) is 19.4. The normalized spacial score (nSPS) is 17.2. The van der Waals surface area contributed by atoms with E-state index in [1.165, 1.54) is 12.1 Å². The van der Waals surface area contributed by atoms with Gasteiger partial charge in [-0.05, 0) is 49.2 Å². The monoisotopic (exact) mass is 457 g/mol. The van der Waals surface area contributed by atoms with Crippen LogP contribution in [0, 0.1) is 16.0 Å². The van der Waals surface area contributed by atoms with Crippen molar-refractivity contribution < 1.29 is 14.5 Å². The maximum Gasteiger partial charge on any atom is 0.269 e. The van der Waals surface area contributed by atoms with Crippen LogP contribution in [0.3, 0.4) is 0 Å². The zero-order chi connectivity index (χ0) is 24.4. The lowest BCUT2D eigenvalue weighted by Gasteiger charge is -2.44. The van der Waals surface area contributed by atoms with Gasteiger partial charge in [0, 0.05) is 41.0 Å². The van der Waals surface area contributed by atoms with Gasteiger partial charge in [-0.15, -0.1) is 0 Å². The predicted molar refractivity (Wildman–Crippen MR) is 132 cm³/mol. The Kier molecular flexibility index (Phi) is 6.45. The third kappa shape index (κ3) is 4.29. The number of hydrogen-bond acceptors (Lipinski definition) is 4. The Labute approximate surface area is 198 Å². The molecule has 3 aromatic rings. The first kappa shape index (κ1) is 23.2. The maximum absolute atomic E-state index is 13.8. The molecule has 0 bridgehead atoms. The van der Waals surface area contributed by atoms with Gasteiger partial charge < -0.3 is 9.80 Å². The molecule has 1 aliphatic rings. The highest BCUT2D eigenvalue weighted by atomic mass is 16.6. The number of nitrogens with zero attached hydrogens (tertiary/aromatic N) is 3. The Morgan fingerprint density at radius 2 is 1.59 bits per heavy atom. The van der Waals surface area contributed by atoms with E-state index >= 15 is 0 Å². The van der Waals surface area contributed by atoms with Crippen LogP contribution in [-0.4, -0.2) is 22.8 Å². The van der Waals surface area contributed by atoms with Crippen LogP contribution in [0.25, 0.3) is 0 Å². The maximum atomic E-state index is 13.8. The highest BCUT2D eigenvalue weighted by Crippen LogP contribution is 2.43. The average molecular weight is 458 g/mol. The fourth-order valence-corrected chi connectivity index (χ4v) is 4.53. The van der Waals surface area contributed by atoms with Gasteiger partial charge in [-0.2, -0.15) is 0 Å². The first-order valence-electron chi connectivity index (χ1n) is 11.3. The van der Waals surface area contributed by atoms with Crippen LogP contribution < -0.4 is 9.80 Å². The second kappa shape index (κ2) is 9.47. The van der Waals surface area contributed by atoms with Crippen molar-refractivity contribution in [2.75, 3.05) is 9.80 Å². The van der Waals surface area contributed by atoms with Crippen molar-refractivity contribution in [2.45, 2.75) is 39.3 Å². The summed E-state index contributed by atoms with van der Waals surface area (Å²) in [6, 6.07) is 22.2. The first-order chi connectivity index (χ1) is 16.3. The van der Waals surface area contributed by atoms with Crippen molar-refractivity contribution in [3.05, 3.63) is 100 Å². The average Bonchev–Trinajstić information content (AvgIpc) is 2.84. The van der Waals surface area contributed by atoms with E-state index in [0.29, 0.717) is 17.7 Å². The number of carbonyl (C=O) groups excluding carboxylic acids is 2. The standard InChI is InChI=1S/C27H27N3O4/c1-18(2)26(31)28-19(3)17-25(23-11-7-8-12-24(23)28)29(27(32)20-9-5-4-6-10-20)21-13-15-22(16-14-21)30(33)34/h4-16,18-19,25H,17H2,1-3H3/t19-,25-/m1/s1. The summed E-state index contributed by atoms with van der Waals surface area (Å²) in [6.45, 7) is 5.75. The van der Waals surface area contributed by atoms with E-state index in [9.17, 15) is 19.7 Å². The summed E-state index contributed by atoms with van der Waals surface area (Å²) in [5.74, 6) is -0.330. The second-order valence-electron chi connectivity index (χ2n) is 8.84. The topological polar surface area (TPSA) is 83.8 Å². The SMILES string of the molecule is CC(C)C(=O)N1c2ccccc2[C@H](N(C(=O)c2ccccc2)c2ccc([N+](=O)[O-])cc2)C[C@H]1C. The highest BCUT2D eigenvalue weighted by Gasteiger charge is 2.39. The number of anilines is 2. The van der Waals surface area contributed by atoms with E-state index in [1.54, 1.807) is 29.2 Å². The van der Waals surface area contributed by atoms with Crippen LogP contribution in [0.2, 0.25) is 0 Å². The summed E-state index contributed by atoms with van der Waals surface area (Å²) in [4.78, 5) is 41.1. The van der Waals surface area contributed by atoms with Crippen LogP contribution in [-0.2, 0) is 4.79 Å². The van der Waals surface area contributed by atoms with Gasteiger partial charge >= 0.3 is 0 Å². The van der Waals surface area contributed by atoms with Gasteiger partial charge in [0.05, 0.1) is 11.0 Å². The molecule has 1 aliphatic heterocycles. The molecule has 7 nitrogen and oxygen atoms in total. The first-order valence-corrected chi connectivity index (χ1v) is 11.3. The zero-order valence-electron chi connectivity index (χ0n) is 19.4. The summed E-state index contributed by atoms with van der Waals surface area (Å²) < 4.78 is 0. The molecule has 0 N–H and O–H groups in total. The van der Waals surface area contributed by atoms with Crippen LogP contribution in [0.4, 0.5) is 17.1 Å². The molecule has 0 fully saturated rings. The van der Waals surface area contributed by atoms with E-state index in [-0.39, 0.29) is 35.5 Å². The molecule has 0 aromatic heterocycles. The number of non-ortho nitro benzene ring substituents is 1. The van der Waals surface area contributed by atoms with Gasteiger partial charge in [0.1, 0.15) is 0 Å². The summed E-state index contributed by atoms with van der Waals surface area (Å²) in [6.07, 6.45) is 0.533. The number of carbonyl (C=O) groups is 2. The molecule has 0 spiro atoms. The number of hydrogen-bond donors (Lipinski definition) is 0. The summed E-state index contributed by atoms with van der Waals surface area (Å²) >= 11 is 0. The van der Waals surface area contributed by atoms with Crippen LogP contribution in [0.5, 0.6) is 0 Å². The van der Waals surface area contributed by atoms with Crippen molar-refractivity contribution in [3.63, 3.8) is 0 Å². The number of amides is 2. The predicted octanol–water partition coefficient (Wildman–Crippen LogP) is 5.76. The van der Waals surface area contributed by atoms with Gasteiger partial charge in [0.2, 0.25) is 5.91 Å². The van der Waals surface area contributed by atoms with Gasteiger partial charge in [0.15, 0.2) is 0 Å². The minimum absolute atomic E-state index is 0.0367. The van der Waals surface area contributed by atoms with Crippen molar-refractivity contribution in [1.29, 1.82) is 0 Å². The van der Waals surface area contributed by atoms with Crippen molar-refractivity contribution in [1.82, 2.24) is 0 Å². The fraction of sp³-hybridized carbons (Fsp3) is 0.259. The van der Waals surface area contributed by atoms with E-state index in [1.807, 2.05) is 68.1 Å². The summed E-state index contributed by atoms with van der Waals surface area (Å²) in [5.41, 5.74) is 2.71. The lowest BCUT2D eigenvalue weighted by molar-refractivity contribution is -0.384. The third-order valence-corrected chi connectivity index (χ3v) is 6.18. The molecule has 174 valence electrons. The molecule has 2 atom stereocenters. The Bertz CT molecular complexity index is 1210. The Morgan fingerprint density at radius 1 is 0.971 bits per heavy atom. The quantitative estimate of drug-likeness (QED) is 0.360. The largest absolute Gasteiger partial charge is 0.309 e. The van der Waals surface area contributed by atoms with Crippen LogP contribution in [0.15, 0.2) is 78.9 Å². The number of fused-ring (bicyclic) bond motifs is 1. The summed E-state index contributed by atoms with van der Waals surface area (Å²) in [5, 5.41) is 11.2. The van der Waals surface area contributed by atoms with Crippen molar-refractivity contribution in [3.8, 4) is 0 Å². The van der Waals surface area contributed by atoms with Crippen LogP contribution >= 0.6 is 0 Å². The molecule has 4 rings (SSSR count).